The first-order chi connectivity index (χ1) is 9.33. The third-order valence-electron chi connectivity index (χ3n) is 2.75. The summed E-state index contributed by atoms with van der Waals surface area (Å²) >= 11 is 0. The Morgan fingerprint density at radius 3 is 3.05 bits per heavy atom. The highest BCUT2D eigenvalue weighted by Crippen LogP contribution is 2.06. The zero-order chi connectivity index (χ0) is 13.5. The zero-order valence-electron chi connectivity index (χ0n) is 11.2. The lowest BCUT2D eigenvalue weighted by Gasteiger charge is -2.08. The molecule has 7 heteroatoms. The Kier molecular flexibility index (Phi) is 4.79. The van der Waals surface area contributed by atoms with E-state index in [9.17, 15) is 0 Å². The predicted molar refractivity (Wildman–Crippen MR) is 70.6 cm³/mol. The maximum Gasteiger partial charge on any atom is 0.152 e. The lowest BCUT2D eigenvalue weighted by Crippen LogP contribution is -2.12. The second-order valence-corrected chi connectivity index (χ2v) is 4.04. The number of hydrogen-bond acceptors (Lipinski definition) is 6. The molecule has 2 rings (SSSR count). The van der Waals surface area contributed by atoms with Crippen LogP contribution in [0.15, 0.2) is 18.7 Å². The first-order valence-electron chi connectivity index (χ1n) is 6.24. The normalized spacial score (nSPS) is 10.6. The molecule has 2 heterocycles. The van der Waals surface area contributed by atoms with E-state index < -0.39 is 0 Å². The minimum Gasteiger partial charge on any atom is -0.383 e. The number of nitrogens with one attached hydrogen (secondary N) is 1. The van der Waals surface area contributed by atoms with Crippen molar-refractivity contribution in [3.63, 3.8) is 0 Å². The molecule has 7 nitrogen and oxygen atoms in total. The minimum absolute atomic E-state index is 0.573. The second-order valence-electron chi connectivity index (χ2n) is 4.04. The monoisotopic (exact) mass is 262 g/mol. The van der Waals surface area contributed by atoms with E-state index in [0.717, 1.165) is 30.3 Å². The van der Waals surface area contributed by atoms with Crippen LogP contribution >= 0.6 is 0 Å². The third kappa shape index (κ3) is 3.72. The number of anilines is 1. The second kappa shape index (κ2) is 6.79. The van der Waals surface area contributed by atoms with Gasteiger partial charge in [-0.3, -0.25) is 0 Å². The molecule has 0 aromatic carbocycles. The highest BCUT2D eigenvalue weighted by atomic mass is 16.5. The van der Waals surface area contributed by atoms with Crippen LogP contribution in [0.5, 0.6) is 0 Å². The lowest BCUT2D eigenvalue weighted by molar-refractivity contribution is 0.186. The van der Waals surface area contributed by atoms with Gasteiger partial charge in [-0.05, 0) is 6.42 Å². The molecule has 0 amide bonds. The molecule has 0 radical (unpaired) electrons. The van der Waals surface area contributed by atoms with Gasteiger partial charge in [-0.15, -0.1) is 10.2 Å². The van der Waals surface area contributed by atoms with Crippen LogP contribution in [0.25, 0.3) is 0 Å². The SMILES string of the molecule is CCc1cc(NCc2nncn2CCOC)ncn1. The van der Waals surface area contributed by atoms with Gasteiger partial charge in [0, 0.05) is 25.4 Å². The van der Waals surface area contributed by atoms with Gasteiger partial charge in [0.2, 0.25) is 0 Å². The largest absolute Gasteiger partial charge is 0.383 e. The number of aryl methyl sites for hydroxylation is 1. The van der Waals surface area contributed by atoms with E-state index in [2.05, 4.69) is 32.4 Å². The topological polar surface area (TPSA) is 77.8 Å². The summed E-state index contributed by atoms with van der Waals surface area (Å²) in [5.74, 6) is 1.65. The lowest BCUT2D eigenvalue weighted by atomic mass is 10.3. The number of ether oxygens (including phenoxy) is 1. The van der Waals surface area contributed by atoms with Crippen molar-refractivity contribution in [2.45, 2.75) is 26.4 Å². The van der Waals surface area contributed by atoms with Gasteiger partial charge in [-0.1, -0.05) is 6.92 Å². The van der Waals surface area contributed by atoms with Crippen molar-refractivity contribution >= 4 is 5.82 Å². The van der Waals surface area contributed by atoms with E-state index in [1.165, 1.54) is 0 Å². The molecular formula is C12H18N6O. The number of methoxy groups -OCH3 is 1. The van der Waals surface area contributed by atoms with Crippen molar-refractivity contribution in [2.24, 2.45) is 0 Å². The van der Waals surface area contributed by atoms with Crippen molar-refractivity contribution in [3.05, 3.63) is 30.2 Å². The molecular weight excluding hydrogens is 244 g/mol. The van der Waals surface area contributed by atoms with Crippen LogP contribution in [0.3, 0.4) is 0 Å². The molecule has 0 atom stereocenters. The number of aromatic nitrogens is 5. The molecule has 0 saturated heterocycles. The Labute approximate surface area is 112 Å². The quantitative estimate of drug-likeness (QED) is 0.798. The molecule has 0 unspecified atom stereocenters. The van der Waals surface area contributed by atoms with Crippen LogP contribution in [-0.2, 0) is 24.2 Å². The fourth-order valence-electron chi connectivity index (χ4n) is 1.65. The molecule has 0 aliphatic rings. The highest BCUT2D eigenvalue weighted by Gasteiger charge is 2.04. The predicted octanol–water partition coefficient (Wildman–Crippen LogP) is 0.889. The van der Waals surface area contributed by atoms with Gasteiger partial charge < -0.3 is 14.6 Å². The van der Waals surface area contributed by atoms with E-state index in [4.69, 9.17) is 4.74 Å². The Morgan fingerprint density at radius 2 is 2.26 bits per heavy atom. The average Bonchev–Trinajstić information content (AvgIpc) is 2.90. The molecule has 2 aromatic rings. The molecule has 0 fully saturated rings. The van der Waals surface area contributed by atoms with E-state index in [1.54, 1.807) is 19.8 Å². The van der Waals surface area contributed by atoms with Gasteiger partial charge in [0.25, 0.3) is 0 Å². The summed E-state index contributed by atoms with van der Waals surface area (Å²) in [4.78, 5) is 8.33. The molecule has 0 aliphatic heterocycles. The molecule has 102 valence electrons. The zero-order valence-corrected chi connectivity index (χ0v) is 11.2. The summed E-state index contributed by atoms with van der Waals surface area (Å²) in [7, 11) is 1.68. The average molecular weight is 262 g/mol. The summed E-state index contributed by atoms with van der Waals surface area (Å²) in [6, 6.07) is 1.94. The summed E-state index contributed by atoms with van der Waals surface area (Å²) in [5, 5.41) is 11.2. The summed E-state index contributed by atoms with van der Waals surface area (Å²) in [6.07, 6.45) is 4.16. The summed E-state index contributed by atoms with van der Waals surface area (Å²) in [6.45, 7) is 4.01. The summed E-state index contributed by atoms with van der Waals surface area (Å²) < 4.78 is 7.00. The summed E-state index contributed by atoms with van der Waals surface area (Å²) in [5.41, 5.74) is 1.01. The maximum atomic E-state index is 5.05. The van der Waals surface area contributed by atoms with E-state index in [-0.39, 0.29) is 0 Å². The van der Waals surface area contributed by atoms with Gasteiger partial charge in [0.1, 0.15) is 18.5 Å². The standard InChI is InChI=1S/C12H18N6O/c1-3-10-6-11(15-8-14-10)13-7-12-17-16-9-18(12)4-5-19-2/h6,8-9H,3-5,7H2,1-2H3,(H,13,14,15). The van der Waals surface area contributed by atoms with E-state index in [1.807, 2.05) is 10.6 Å². The Hall–Kier alpha value is -2.02. The van der Waals surface area contributed by atoms with Crippen molar-refractivity contribution in [2.75, 3.05) is 19.0 Å². The first kappa shape index (κ1) is 13.4. The smallest absolute Gasteiger partial charge is 0.152 e. The van der Waals surface area contributed by atoms with Gasteiger partial charge >= 0.3 is 0 Å². The minimum atomic E-state index is 0.573. The van der Waals surface area contributed by atoms with Crippen molar-refractivity contribution in [1.82, 2.24) is 24.7 Å². The van der Waals surface area contributed by atoms with Crippen LogP contribution in [0.2, 0.25) is 0 Å². The van der Waals surface area contributed by atoms with E-state index >= 15 is 0 Å². The van der Waals surface area contributed by atoms with Crippen LogP contribution in [0, 0.1) is 0 Å². The van der Waals surface area contributed by atoms with Crippen molar-refractivity contribution in [1.29, 1.82) is 0 Å². The molecule has 0 aliphatic carbocycles. The molecule has 2 aromatic heterocycles. The van der Waals surface area contributed by atoms with Crippen LogP contribution < -0.4 is 5.32 Å². The van der Waals surface area contributed by atoms with Gasteiger partial charge in [0.15, 0.2) is 5.82 Å². The molecule has 0 spiro atoms. The van der Waals surface area contributed by atoms with Crippen LogP contribution in [-0.4, -0.2) is 38.4 Å². The number of rotatable bonds is 7. The third-order valence-corrected chi connectivity index (χ3v) is 2.75. The van der Waals surface area contributed by atoms with Crippen LogP contribution in [0.1, 0.15) is 18.4 Å². The molecule has 1 N–H and O–H groups in total. The Morgan fingerprint density at radius 1 is 1.37 bits per heavy atom. The van der Waals surface area contributed by atoms with Gasteiger partial charge in [-0.25, -0.2) is 9.97 Å². The van der Waals surface area contributed by atoms with Gasteiger partial charge in [0.05, 0.1) is 13.2 Å². The molecule has 0 bridgehead atoms. The Bertz CT molecular complexity index is 512. The maximum absolute atomic E-state index is 5.05. The van der Waals surface area contributed by atoms with Crippen molar-refractivity contribution in [3.8, 4) is 0 Å². The number of nitrogens with zero attached hydrogens (tertiary/aromatic N) is 5. The molecule has 0 saturated carbocycles. The van der Waals surface area contributed by atoms with Crippen LogP contribution in [0.4, 0.5) is 5.82 Å². The van der Waals surface area contributed by atoms with E-state index in [0.29, 0.717) is 13.2 Å². The van der Waals surface area contributed by atoms with Crippen molar-refractivity contribution < 1.29 is 4.74 Å². The fraction of sp³-hybridized carbons (Fsp3) is 0.500. The Balaban J connectivity index is 1.96. The number of hydrogen-bond donors (Lipinski definition) is 1. The molecule has 19 heavy (non-hydrogen) atoms. The fourth-order valence-corrected chi connectivity index (χ4v) is 1.65. The highest BCUT2D eigenvalue weighted by molar-refractivity contribution is 5.34. The first-order valence-corrected chi connectivity index (χ1v) is 6.24. The van der Waals surface area contributed by atoms with Gasteiger partial charge in [-0.2, -0.15) is 0 Å².